The second-order valence-corrected chi connectivity index (χ2v) is 2.54. The molecular formula is C10H13O. The molecule has 0 saturated heterocycles. The van der Waals surface area contributed by atoms with Crippen LogP contribution >= 0.6 is 0 Å². The Labute approximate surface area is 68.0 Å². The average Bonchev–Trinajstić information content (AvgIpc) is 2.03. The lowest BCUT2D eigenvalue weighted by molar-refractivity contribution is 0.315. The van der Waals surface area contributed by atoms with E-state index in [9.17, 15) is 0 Å². The Morgan fingerprint density at radius 1 is 1.55 bits per heavy atom. The van der Waals surface area contributed by atoms with Gasteiger partial charge in [-0.15, -0.1) is 0 Å². The van der Waals surface area contributed by atoms with Crippen LogP contribution < -0.4 is 4.74 Å². The summed E-state index contributed by atoms with van der Waals surface area (Å²) in [5.41, 5.74) is 1.15. The highest BCUT2D eigenvalue weighted by Crippen LogP contribution is 2.15. The zero-order valence-electron chi connectivity index (χ0n) is 7.05. The van der Waals surface area contributed by atoms with Crippen molar-refractivity contribution in [3.8, 4) is 5.75 Å². The summed E-state index contributed by atoms with van der Waals surface area (Å²) in [7, 11) is 0. The Balaban J connectivity index is 2.62. The minimum absolute atomic E-state index is 0.796. The Morgan fingerprint density at radius 2 is 2.36 bits per heavy atom. The molecule has 1 aromatic carbocycles. The van der Waals surface area contributed by atoms with Gasteiger partial charge in [0.2, 0.25) is 0 Å². The maximum Gasteiger partial charge on any atom is 0.122 e. The van der Waals surface area contributed by atoms with Crippen molar-refractivity contribution in [1.82, 2.24) is 0 Å². The largest absolute Gasteiger partial charge is 0.493 e. The molecule has 0 spiro atoms. The van der Waals surface area contributed by atoms with Crippen LogP contribution in [-0.2, 0) is 0 Å². The molecule has 0 aliphatic heterocycles. The van der Waals surface area contributed by atoms with E-state index in [0.29, 0.717) is 0 Å². The molecule has 0 aromatic heterocycles. The van der Waals surface area contributed by atoms with Gasteiger partial charge >= 0.3 is 0 Å². The van der Waals surface area contributed by atoms with Gasteiger partial charge in [-0.05, 0) is 37.1 Å². The van der Waals surface area contributed by atoms with Crippen molar-refractivity contribution < 1.29 is 4.74 Å². The van der Waals surface area contributed by atoms with Crippen LogP contribution in [0.3, 0.4) is 0 Å². The number of rotatable bonds is 3. The van der Waals surface area contributed by atoms with Gasteiger partial charge in [-0.1, -0.05) is 13.0 Å². The third kappa shape index (κ3) is 2.26. The molecule has 1 radical (unpaired) electrons. The fourth-order valence-electron chi connectivity index (χ4n) is 0.873. The fourth-order valence-corrected chi connectivity index (χ4v) is 0.873. The predicted octanol–water partition coefficient (Wildman–Crippen LogP) is 2.58. The first kappa shape index (κ1) is 8.12. The highest BCUT2D eigenvalue weighted by Gasteiger charge is 1.94. The normalized spacial score (nSPS) is 9.64. The lowest BCUT2D eigenvalue weighted by Crippen LogP contribution is -1.96. The van der Waals surface area contributed by atoms with Crippen molar-refractivity contribution in [2.24, 2.45) is 0 Å². The van der Waals surface area contributed by atoms with Crippen LogP contribution in [0.2, 0.25) is 0 Å². The molecule has 0 amide bonds. The van der Waals surface area contributed by atoms with Crippen LogP contribution in [0.1, 0.15) is 18.9 Å². The third-order valence-corrected chi connectivity index (χ3v) is 1.48. The molecule has 0 unspecified atom stereocenters. The van der Waals surface area contributed by atoms with E-state index in [2.05, 4.69) is 13.0 Å². The molecule has 1 heteroatoms. The number of ether oxygens (including phenoxy) is 1. The van der Waals surface area contributed by atoms with E-state index in [4.69, 9.17) is 4.74 Å². The molecule has 0 aliphatic carbocycles. The highest BCUT2D eigenvalue weighted by molar-refractivity contribution is 5.31. The van der Waals surface area contributed by atoms with Crippen molar-refractivity contribution in [2.45, 2.75) is 20.3 Å². The van der Waals surface area contributed by atoms with Crippen LogP contribution in [0.4, 0.5) is 0 Å². The zero-order valence-corrected chi connectivity index (χ0v) is 7.05. The highest BCUT2D eigenvalue weighted by atomic mass is 16.5. The summed E-state index contributed by atoms with van der Waals surface area (Å²) in [5.74, 6) is 0.977. The van der Waals surface area contributed by atoms with Gasteiger partial charge in [0.25, 0.3) is 0 Å². The second-order valence-electron chi connectivity index (χ2n) is 2.54. The van der Waals surface area contributed by atoms with Crippen molar-refractivity contribution >= 4 is 0 Å². The molecule has 1 aromatic rings. The number of hydrogen-bond acceptors (Lipinski definition) is 1. The van der Waals surface area contributed by atoms with Crippen LogP contribution in [0.15, 0.2) is 18.2 Å². The van der Waals surface area contributed by atoms with Gasteiger partial charge in [-0.2, -0.15) is 0 Å². The summed E-state index contributed by atoms with van der Waals surface area (Å²) in [6, 6.07) is 8.76. The monoisotopic (exact) mass is 149 g/mol. The summed E-state index contributed by atoms with van der Waals surface area (Å²) >= 11 is 0. The van der Waals surface area contributed by atoms with E-state index in [1.165, 1.54) is 0 Å². The van der Waals surface area contributed by atoms with Crippen LogP contribution in [0, 0.1) is 13.0 Å². The third-order valence-electron chi connectivity index (χ3n) is 1.48. The minimum atomic E-state index is 0.796. The first-order chi connectivity index (χ1) is 5.34. The van der Waals surface area contributed by atoms with E-state index in [1.807, 2.05) is 25.1 Å². The van der Waals surface area contributed by atoms with E-state index in [-0.39, 0.29) is 0 Å². The maximum absolute atomic E-state index is 5.47. The molecule has 1 rings (SSSR count). The minimum Gasteiger partial charge on any atom is -0.493 e. The first-order valence-corrected chi connectivity index (χ1v) is 3.94. The molecule has 0 atom stereocenters. The molecule has 1 nitrogen and oxygen atoms in total. The van der Waals surface area contributed by atoms with Crippen molar-refractivity contribution in [1.29, 1.82) is 0 Å². The lowest BCUT2D eigenvalue weighted by Gasteiger charge is -2.05. The average molecular weight is 149 g/mol. The van der Waals surface area contributed by atoms with Gasteiger partial charge in [0.1, 0.15) is 5.75 Å². The molecule has 0 heterocycles. The van der Waals surface area contributed by atoms with E-state index < -0.39 is 0 Å². The van der Waals surface area contributed by atoms with Crippen LogP contribution in [0.5, 0.6) is 5.75 Å². The number of benzene rings is 1. The van der Waals surface area contributed by atoms with Gasteiger partial charge in [-0.3, -0.25) is 0 Å². The molecular weight excluding hydrogens is 136 g/mol. The van der Waals surface area contributed by atoms with Gasteiger partial charge in [0, 0.05) is 0 Å². The molecule has 0 fully saturated rings. The smallest absolute Gasteiger partial charge is 0.122 e. The summed E-state index contributed by atoms with van der Waals surface area (Å²) in [6.07, 6.45) is 1.05. The van der Waals surface area contributed by atoms with Gasteiger partial charge < -0.3 is 4.74 Å². The summed E-state index contributed by atoms with van der Waals surface area (Å²) in [5, 5.41) is 0. The quantitative estimate of drug-likeness (QED) is 0.641. The van der Waals surface area contributed by atoms with Crippen LogP contribution in [0.25, 0.3) is 0 Å². The molecule has 11 heavy (non-hydrogen) atoms. The lowest BCUT2D eigenvalue weighted by atomic mass is 10.2. The Bertz CT molecular complexity index is 218. The molecule has 0 bridgehead atoms. The Kier molecular flexibility index (Phi) is 2.96. The Hall–Kier alpha value is -0.980. The van der Waals surface area contributed by atoms with Gasteiger partial charge in [0.05, 0.1) is 6.61 Å². The SMILES string of the molecule is CCCOc1cc[c]cc1C. The topological polar surface area (TPSA) is 9.23 Å². The Morgan fingerprint density at radius 3 is 3.00 bits per heavy atom. The summed E-state index contributed by atoms with van der Waals surface area (Å²) in [4.78, 5) is 0. The first-order valence-electron chi connectivity index (χ1n) is 3.94. The van der Waals surface area contributed by atoms with E-state index in [1.54, 1.807) is 0 Å². The number of aryl methyl sites for hydroxylation is 1. The second kappa shape index (κ2) is 4.02. The predicted molar refractivity (Wildman–Crippen MR) is 45.8 cm³/mol. The fraction of sp³-hybridized carbons (Fsp3) is 0.400. The van der Waals surface area contributed by atoms with Crippen molar-refractivity contribution in [2.75, 3.05) is 6.61 Å². The van der Waals surface area contributed by atoms with Crippen molar-refractivity contribution in [3.63, 3.8) is 0 Å². The zero-order chi connectivity index (χ0) is 8.10. The molecule has 59 valence electrons. The van der Waals surface area contributed by atoms with Crippen LogP contribution in [-0.4, -0.2) is 6.61 Å². The van der Waals surface area contributed by atoms with E-state index in [0.717, 1.165) is 24.3 Å². The standard InChI is InChI=1S/C10H13O/c1-3-8-11-10-7-5-4-6-9(10)2/h5-7H,3,8H2,1-2H3. The van der Waals surface area contributed by atoms with Crippen molar-refractivity contribution in [3.05, 3.63) is 29.8 Å². The molecule has 0 saturated carbocycles. The molecule has 0 aliphatic rings. The number of hydrogen-bond donors (Lipinski definition) is 0. The molecule has 0 N–H and O–H groups in total. The van der Waals surface area contributed by atoms with E-state index >= 15 is 0 Å². The van der Waals surface area contributed by atoms with Gasteiger partial charge in [0.15, 0.2) is 0 Å². The summed E-state index contributed by atoms with van der Waals surface area (Å²) < 4.78 is 5.47. The maximum atomic E-state index is 5.47. The summed E-state index contributed by atoms with van der Waals surface area (Å²) in [6.45, 7) is 4.93. The van der Waals surface area contributed by atoms with Gasteiger partial charge in [-0.25, -0.2) is 0 Å².